The Labute approximate surface area is 260 Å². The van der Waals surface area contributed by atoms with Crippen LogP contribution in [0.2, 0.25) is 4.44 Å². The summed E-state index contributed by atoms with van der Waals surface area (Å²) in [5.41, 5.74) is 0. The topological polar surface area (TPSA) is 120 Å². The SMILES string of the molecule is CCC[CH2][Sn+3].O=C([O-])C(S)C1CCCCC1.O=C([O-])C(S)C1CCCCC1.O=C([O-])C(S)C1CCCCC1. The standard InChI is InChI=1S/3C8H14O2S.C4H9.Sn/c3*9-8(10)7(11)6-4-2-1-3-5-6;1-3-4-2;/h3*6-7,11H,1-5H2,(H,9,10);1,3-4H2,2H3;/q;;;;+3/p-3. The van der Waals surface area contributed by atoms with E-state index < -0.39 is 33.7 Å². The maximum Gasteiger partial charge on any atom is 0.0544 e. The molecular weight excluding hydrogens is 647 g/mol. The monoisotopic (exact) mass is 696 g/mol. The first kappa shape index (κ1) is 38.3. The average Bonchev–Trinajstić information content (AvgIpc) is 2.94. The van der Waals surface area contributed by atoms with Crippen molar-refractivity contribution >= 4 is 78.3 Å². The van der Waals surface area contributed by atoms with E-state index in [2.05, 4.69) is 44.8 Å². The molecule has 6 nitrogen and oxygen atoms in total. The third-order valence-electron chi connectivity index (χ3n) is 7.54. The number of carbonyl (C=O) groups excluding carboxylic acids is 3. The third-order valence-corrected chi connectivity index (χ3v) is 10.5. The summed E-state index contributed by atoms with van der Waals surface area (Å²) in [7, 11) is 0. The van der Waals surface area contributed by atoms with Crippen LogP contribution in [-0.4, -0.2) is 56.2 Å². The van der Waals surface area contributed by atoms with Gasteiger partial charge < -0.3 is 29.7 Å². The minimum atomic E-state index is -1.01. The molecule has 3 aliphatic carbocycles. The van der Waals surface area contributed by atoms with Crippen LogP contribution in [0.5, 0.6) is 0 Å². The molecule has 3 saturated carbocycles. The number of carboxylic acid groups (broad SMARTS) is 3. The molecule has 0 radical (unpaired) electrons. The molecule has 0 heterocycles. The minimum absolute atomic E-state index is 0.247. The molecule has 0 aliphatic heterocycles. The Morgan fingerprint density at radius 1 is 0.605 bits per heavy atom. The molecule has 0 aromatic heterocycles. The van der Waals surface area contributed by atoms with Crippen LogP contribution in [0.4, 0.5) is 0 Å². The second-order valence-electron chi connectivity index (χ2n) is 10.6. The summed E-state index contributed by atoms with van der Waals surface area (Å²) in [6.07, 6.45) is 19.4. The van der Waals surface area contributed by atoms with Crippen molar-refractivity contribution in [3.8, 4) is 0 Å². The zero-order chi connectivity index (χ0) is 28.9. The normalized spacial score (nSPS) is 21.1. The third kappa shape index (κ3) is 17.8. The Balaban J connectivity index is 0.000000497. The molecule has 0 N–H and O–H groups in total. The zero-order valence-electron chi connectivity index (χ0n) is 23.0. The van der Waals surface area contributed by atoms with E-state index in [1.54, 1.807) is 22.5 Å². The summed E-state index contributed by atoms with van der Waals surface area (Å²) in [6, 6.07) is 0. The first-order valence-corrected chi connectivity index (χ1v) is 17.9. The van der Waals surface area contributed by atoms with Gasteiger partial charge in [0.25, 0.3) is 0 Å². The van der Waals surface area contributed by atoms with Crippen LogP contribution in [0.15, 0.2) is 0 Å². The van der Waals surface area contributed by atoms with Crippen LogP contribution in [0.25, 0.3) is 0 Å². The van der Waals surface area contributed by atoms with Gasteiger partial charge in [0.2, 0.25) is 0 Å². The predicted octanol–water partition coefficient (Wildman–Crippen LogP) is 3.22. The Morgan fingerprint density at radius 2 is 0.842 bits per heavy atom. The van der Waals surface area contributed by atoms with Crippen molar-refractivity contribution in [1.29, 1.82) is 0 Å². The molecular formula is C28H48O6S3Sn. The molecule has 0 bridgehead atoms. The van der Waals surface area contributed by atoms with Gasteiger partial charge in [0.1, 0.15) is 0 Å². The van der Waals surface area contributed by atoms with Crippen LogP contribution in [0.3, 0.4) is 0 Å². The van der Waals surface area contributed by atoms with Gasteiger partial charge >= 0.3 is 46.7 Å². The zero-order valence-corrected chi connectivity index (χ0v) is 28.5. The van der Waals surface area contributed by atoms with Crippen LogP contribution in [-0.2, 0) is 14.4 Å². The fourth-order valence-corrected chi connectivity index (χ4v) is 7.01. The van der Waals surface area contributed by atoms with E-state index in [0.29, 0.717) is 0 Å². The van der Waals surface area contributed by atoms with Gasteiger partial charge in [-0.1, -0.05) is 57.8 Å². The van der Waals surface area contributed by atoms with Crippen molar-refractivity contribution in [3.05, 3.63) is 0 Å². The minimum Gasteiger partial charge on any atom is -0.549 e. The Morgan fingerprint density at radius 3 is 0.974 bits per heavy atom. The van der Waals surface area contributed by atoms with E-state index in [4.69, 9.17) is 0 Å². The molecule has 0 saturated heterocycles. The Bertz CT molecular complexity index is 553. The van der Waals surface area contributed by atoms with E-state index in [-0.39, 0.29) is 17.8 Å². The number of carbonyl (C=O) groups is 3. The van der Waals surface area contributed by atoms with Gasteiger partial charge in [-0.05, 0) is 56.3 Å². The molecule has 3 atom stereocenters. The summed E-state index contributed by atoms with van der Waals surface area (Å²) in [4.78, 5) is 31.2. The van der Waals surface area contributed by atoms with Crippen LogP contribution in [0.1, 0.15) is 116 Å². The summed E-state index contributed by atoms with van der Waals surface area (Å²) < 4.78 is 1.43. The summed E-state index contributed by atoms with van der Waals surface area (Å²) in [5, 5.41) is 29.6. The fraction of sp³-hybridized carbons (Fsp3) is 0.893. The smallest absolute Gasteiger partial charge is 0.0544 e. The number of hydrogen-bond acceptors (Lipinski definition) is 9. The maximum absolute atomic E-state index is 10.4. The van der Waals surface area contributed by atoms with Crippen LogP contribution < -0.4 is 15.3 Å². The fourth-order valence-electron chi connectivity index (χ4n) is 5.10. The molecule has 218 valence electrons. The number of thiol groups is 3. The molecule has 3 aliphatic rings. The van der Waals surface area contributed by atoms with Gasteiger partial charge in [-0.25, -0.2) is 0 Å². The van der Waals surface area contributed by atoms with Crippen molar-refractivity contribution < 1.29 is 29.7 Å². The van der Waals surface area contributed by atoms with Gasteiger partial charge in [0, 0.05) is 15.7 Å². The molecule has 38 heavy (non-hydrogen) atoms. The van der Waals surface area contributed by atoms with Gasteiger partial charge in [-0.2, -0.15) is 37.9 Å². The quantitative estimate of drug-likeness (QED) is 0.265. The summed E-state index contributed by atoms with van der Waals surface area (Å²) in [6.45, 7) is 2.23. The molecule has 10 heteroatoms. The van der Waals surface area contributed by atoms with Crippen molar-refractivity contribution in [3.63, 3.8) is 0 Å². The molecule has 3 fully saturated rings. The first-order valence-electron chi connectivity index (χ1n) is 14.4. The van der Waals surface area contributed by atoms with Crippen molar-refractivity contribution in [2.45, 2.75) is 136 Å². The second-order valence-corrected chi connectivity index (χ2v) is 13.7. The van der Waals surface area contributed by atoms with Crippen molar-refractivity contribution in [1.82, 2.24) is 0 Å². The van der Waals surface area contributed by atoms with Crippen LogP contribution >= 0.6 is 37.9 Å². The maximum atomic E-state index is 10.4. The van der Waals surface area contributed by atoms with E-state index in [1.165, 1.54) is 36.5 Å². The second kappa shape index (κ2) is 23.9. The molecule has 0 aromatic rings. The van der Waals surface area contributed by atoms with E-state index >= 15 is 0 Å². The van der Waals surface area contributed by atoms with Gasteiger partial charge in [-0.15, -0.1) is 0 Å². The van der Waals surface area contributed by atoms with E-state index in [9.17, 15) is 29.7 Å². The number of hydrogen-bond donors (Lipinski definition) is 3. The van der Waals surface area contributed by atoms with Crippen molar-refractivity contribution in [2.75, 3.05) is 0 Å². The Hall–Kier alpha value is 0.259. The molecule has 3 rings (SSSR count). The van der Waals surface area contributed by atoms with Gasteiger partial charge in [0.05, 0.1) is 17.9 Å². The van der Waals surface area contributed by atoms with E-state index in [1.807, 2.05) is 0 Å². The molecule has 0 aromatic carbocycles. The molecule has 0 spiro atoms. The molecule has 0 amide bonds. The summed E-state index contributed by atoms with van der Waals surface area (Å²) >= 11 is 13.7. The van der Waals surface area contributed by atoms with Crippen molar-refractivity contribution in [2.24, 2.45) is 17.8 Å². The van der Waals surface area contributed by atoms with Crippen LogP contribution in [0, 0.1) is 17.8 Å². The number of aliphatic carboxylic acids is 3. The predicted molar refractivity (Wildman–Crippen MR) is 159 cm³/mol. The largest absolute Gasteiger partial charge is 0.549 e. The van der Waals surface area contributed by atoms with Gasteiger partial charge in [0.15, 0.2) is 0 Å². The molecule has 3 unspecified atom stereocenters. The van der Waals surface area contributed by atoms with E-state index in [0.717, 1.165) is 77.0 Å². The number of unbranched alkanes of at least 4 members (excludes halogenated alkanes) is 1. The first-order chi connectivity index (χ1) is 18.1. The average molecular weight is 696 g/mol. The Kier molecular flexibility index (Phi) is 24.1. The number of rotatable bonds is 8. The number of carboxylic acids is 3. The summed E-state index contributed by atoms with van der Waals surface area (Å²) in [5.74, 6) is -2.30. The van der Waals surface area contributed by atoms with Gasteiger partial charge in [-0.3, -0.25) is 0 Å².